The fraction of sp³-hybridized carbons (Fsp3) is 0.182. The van der Waals surface area contributed by atoms with E-state index in [0.717, 1.165) is 6.07 Å². The number of ether oxygens (including phenoxy) is 1. The minimum Gasteiger partial charge on any atom is -0.466 e. The third kappa shape index (κ3) is 3.03. The molecule has 1 aromatic heterocycles. The largest absolute Gasteiger partial charge is 0.466 e. The number of carbonyl (C=O) groups excluding carboxylic acids is 1. The molecular weight excluding hydrogens is 258 g/mol. The zero-order valence-corrected chi connectivity index (χ0v) is 9.91. The third-order valence-electron chi connectivity index (χ3n) is 2.29. The van der Waals surface area contributed by atoms with E-state index < -0.39 is 17.5 Å². The topological polar surface area (TPSA) is 79.9 Å². The van der Waals surface area contributed by atoms with Gasteiger partial charge in [-0.3, -0.25) is 10.1 Å². The molecule has 2 aromatic rings. The maximum Gasteiger partial charge on any atom is 0.336 e. The Hall–Kier alpha value is -2.51. The fourth-order valence-corrected chi connectivity index (χ4v) is 1.43. The van der Waals surface area contributed by atoms with E-state index >= 15 is 0 Å². The van der Waals surface area contributed by atoms with E-state index in [-0.39, 0.29) is 23.9 Å². The fourth-order valence-electron chi connectivity index (χ4n) is 1.43. The molecule has 8 heteroatoms. The molecule has 0 aliphatic carbocycles. The highest BCUT2D eigenvalue weighted by Crippen LogP contribution is 2.12. The molecule has 0 bridgehead atoms. The summed E-state index contributed by atoms with van der Waals surface area (Å²) >= 11 is 0. The number of aromatic amines is 1. The van der Waals surface area contributed by atoms with Crippen LogP contribution in [0, 0.1) is 11.6 Å². The number of anilines is 1. The van der Waals surface area contributed by atoms with Gasteiger partial charge in [0, 0.05) is 5.56 Å². The van der Waals surface area contributed by atoms with Crippen molar-refractivity contribution in [3.05, 3.63) is 35.4 Å². The summed E-state index contributed by atoms with van der Waals surface area (Å²) in [6, 6.07) is 3.71. The third-order valence-corrected chi connectivity index (χ3v) is 2.29. The SMILES string of the molecule is COc1n[nH]c(NC(=O)Cc2cccc(F)c2F)n1. The van der Waals surface area contributed by atoms with Gasteiger partial charge in [-0.2, -0.15) is 4.98 Å². The molecule has 19 heavy (non-hydrogen) atoms. The van der Waals surface area contributed by atoms with Gasteiger partial charge in [0.25, 0.3) is 0 Å². The van der Waals surface area contributed by atoms with Gasteiger partial charge in [-0.05, 0) is 6.07 Å². The number of methoxy groups -OCH3 is 1. The monoisotopic (exact) mass is 268 g/mol. The summed E-state index contributed by atoms with van der Waals surface area (Å²) in [4.78, 5) is 15.4. The first-order chi connectivity index (χ1) is 9.10. The predicted molar refractivity (Wildman–Crippen MR) is 61.6 cm³/mol. The van der Waals surface area contributed by atoms with E-state index in [4.69, 9.17) is 4.74 Å². The second-order valence-electron chi connectivity index (χ2n) is 3.61. The standard InChI is InChI=1S/C11H10F2N4O2/c1-19-11-15-10(16-17-11)14-8(18)5-6-3-2-4-7(12)9(6)13/h2-4H,5H2,1H3,(H2,14,15,16,17,18). The number of H-pyrrole nitrogens is 1. The molecule has 0 unspecified atom stereocenters. The lowest BCUT2D eigenvalue weighted by Gasteiger charge is -2.03. The van der Waals surface area contributed by atoms with Gasteiger partial charge in [0.1, 0.15) is 0 Å². The van der Waals surface area contributed by atoms with E-state index in [1.807, 2.05) is 0 Å². The second-order valence-corrected chi connectivity index (χ2v) is 3.61. The summed E-state index contributed by atoms with van der Waals surface area (Å²) < 4.78 is 31.0. The van der Waals surface area contributed by atoms with Gasteiger partial charge < -0.3 is 4.74 Å². The van der Waals surface area contributed by atoms with Crippen LogP contribution in [0.5, 0.6) is 6.01 Å². The Morgan fingerprint density at radius 2 is 2.26 bits per heavy atom. The van der Waals surface area contributed by atoms with Crippen molar-refractivity contribution in [3.8, 4) is 6.01 Å². The number of halogens is 2. The first-order valence-electron chi connectivity index (χ1n) is 5.29. The minimum atomic E-state index is -1.03. The van der Waals surface area contributed by atoms with Gasteiger partial charge in [0.2, 0.25) is 11.9 Å². The number of benzene rings is 1. The second kappa shape index (κ2) is 5.42. The molecule has 6 nitrogen and oxygen atoms in total. The molecule has 0 aliphatic heterocycles. The van der Waals surface area contributed by atoms with Gasteiger partial charge in [-0.1, -0.05) is 12.1 Å². The highest BCUT2D eigenvalue weighted by Gasteiger charge is 2.13. The number of amides is 1. The zero-order chi connectivity index (χ0) is 13.8. The molecule has 1 amide bonds. The van der Waals surface area contributed by atoms with Gasteiger partial charge in [-0.25, -0.2) is 13.9 Å². The maximum atomic E-state index is 13.3. The van der Waals surface area contributed by atoms with Gasteiger partial charge in [-0.15, -0.1) is 5.10 Å². The summed E-state index contributed by atoms with van der Waals surface area (Å²) in [6.07, 6.45) is -0.313. The van der Waals surface area contributed by atoms with Crippen molar-refractivity contribution in [1.82, 2.24) is 15.2 Å². The molecule has 0 spiro atoms. The smallest absolute Gasteiger partial charge is 0.336 e. The van der Waals surface area contributed by atoms with Crippen LogP contribution >= 0.6 is 0 Å². The van der Waals surface area contributed by atoms with Crippen molar-refractivity contribution in [2.45, 2.75) is 6.42 Å². The first kappa shape index (κ1) is 12.9. The number of nitrogens with zero attached hydrogens (tertiary/aromatic N) is 2. The van der Waals surface area contributed by atoms with Crippen molar-refractivity contribution < 1.29 is 18.3 Å². The molecule has 1 heterocycles. The van der Waals surface area contributed by atoms with Crippen LogP contribution in [0.3, 0.4) is 0 Å². The first-order valence-corrected chi connectivity index (χ1v) is 5.29. The lowest BCUT2D eigenvalue weighted by molar-refractivity contribution is -0.115. The Kier molecular flexibility index (Phi) is 3.69. The van der Waals surface area contributed by atoms with Crippen molar-refractivity contribution in [1.29, 1.82) is 0 Å². The number of hydrogen-bond acceptors (Lipinski definition) is 4. The van der Waals surface area contributed by atoms with E-state index in [1.54, 1.807) is 0 Å². The summed E-state index contributed by atoms with van der Waals surface area (Å²) in [6.45, 7) is 0. The number of nitrogens with one attached hydrogen (secondary N) is 2. The van der Waals surface area contributed by atoms with Gasteiger partial charge >= 0.3 is 6.01 Å². The highest BCUT2D eigenvalue weighted by molar-refractivity contribution is 5.90. The molecule has 0 aliphatic rings. The molecule has 0 saturated heterocycles. The van der Waals surface area contributed by atoms with Crippen LogP contribution in [0.1, 0.15) is 5.56 Å². The van der Waals surface area contributed by atoms with Crippen LogP contribution in [-0.4, -0.2) is 28.2 Å². The summed E-state index contributed by atoms with van der Waals surface area (Å²) in [5, 5.41) is 8.39. The molecule has 100 valence electrons. The van der Waals surface area contributed by atoms with Crippen LogP contribution in [0.4, 0.5) is 14.7 Å². The van der Waals surface area contributed by atoms with Crippen LogP contribution in [0.15, 0.2) is 18.2 Å². The Morgan fingerprint density at radius 3 is 2.95 bits per heavy atom. The Morgan fingerprint density at radius 1 is 1.47 bits per heavy atom. The molecule has 0 fully saturated rings. The zero-order valence-electron chi connectivity index (χ0n) is 9.91. The van der Waals surface area contributed by atoms with Crippen LogP contribution in [0.25, 0.3) is 0 Å². The molecule has 0 atom stereocenters. The van der Waals surface area contributed by atoms with Crippen LogP contribution in [0.2, 0.25) is 0 Å². The van der Waals surface area contributed by atoms with Crippen LogP contribution in [-0.2, 0) is 11.2 Å². The average Bonchev–Trinajstić information content (AvgIpc) is 2.82. The maximum absolute atomic E-state index is 13.3. The van der Waals surface area contributed by atoms with E-state index in [0.29, 0.717) is 0 Å². The molecule has 0 saturated carbocycles. The number of rotatable bonds is 4. The summed E-state index contributed by atoms with van der Waals surface area (Å²) in [7, 11) is 1.37. The normalized spacial score (nSPS) is 10.3. The average molecular weight is 268 g/mol. The molecule has 1 aromatic carbocycles. The highest BCUT2D eigenvalue weighted by atomic mass is 19.2. The van der Waals surface area contributed by atoms with Gasteiger partial charge in [0.15, 0.2) is 11.6 Å². The Balaban J connectivity index is 2.03. The lowest BCUT2D eigenvalue weighted by Crippen LogP contribution is -2.16. The van der Waals surface area contributed by atoms with Crippen molar-refractivity contribution >= 4 is 11.9 Å². The molecule has 0 radical (unpaired) electrons. The summed E-state index contributed by atoms with van der Waals surface area (Å²) in [5.41, 5.74) is -0.0380. The van der Waals surface area contributed by atoms with Crippen molar-refractivity contribution in [2.24, 2.45) is 0 Å². The summed E-state index contributed by atoms with van der Waals surface area (Å²) in [5.74, 6) is -2.51. The number of hydrogen-bond donors (Lipinski definition) is 2. The van der Waals surface area contributed by atoms with Gasteiger partial charge in [0.05, 0.1) is 13.5 Å². The Bertz CT molecular complexity index is 600. The van der Waals surface area contributed by atoms with E-state index in [1.165, 1.54) is 19.2 Å². The molecule has 2 rings (SSSR count). The van der Waals surface area contributed by atoms with Crippen molar-refractivity contribution in [2.75, 3.05) is 12.4 Å². The number of aromatic nitrogens is 3. The minimum absolute atomic E-state index is 0.0380. The van der Waals surface area contributed by atoms with E-state index in [2.05, 4.69) is 20.5 Å². The Labute approximate surface area is 106 Å². The quantitative estimate of drug-likeness (QED) is 0.875. The number of carbonyl (C=O) groups is 1. The predicted octanol–water partition coefficient (Wildman–Crippen LogP) is 1.27. The van der Waals surface area contributed by atoms with Crippen LogP contribution < -0.4 is 10.1 Å². The molecular formula is C11H10F2N4O2. The van der Waals surface area contributed by atoms with Crippen molar-refractivity contribution in [3.63, 3.8) is 0 Å². The van der Waals surface area contributed by atoms with E-state index in [9.17, 15) is 13.6 Å². The lowest BCUT2D eigenvalue weighted by atomic mass is 10.1. The molecule has 2 N–H and O–H groups in total.